The summed E-state index contributed by atoms with van der Waals surface area (Å²) >= 11 is 0. The fourth-order valence-electron chi connectivity index (χ4n) is 4.59. The van der Waals surface area contributed by atoms with E-state index in [1.165, 1.54) is 0 Å². The molecule has 1 N–H and O–H groups in total. The van der Waals surface area contributed by atoms with E-state index in [9.17, 15) is 20.0 Å². The lowest BCUT2D eigenvalue weighted by molar-refractivity contribution is -0.570. The number of hydrogen-bond donors (Lipinski definition) is 1. The molecule has 3 aliphatic rings. The lowest BCUT2D eigenvalue weighted by Crippen LogP contribution is -2.56. The first-order chi connectivity index (χ1) is 11.0. The molecule has 0 heterocycles. The highest BCUT2D eigenvalue weighted by Gasteiger charge is 2.65. The highest BCUT2D eigenvalue weighted by molar-refractivity contribution is 5.90. The molecular weight excluding hydrogens is 294 g/mol. The normalized spacial score (nSPS) is 27.2. The first kappa shape index (κ1) is 13.9. The molecule has 5 rings (SSSR count). The predicted octanol–water partition coefficient (Wildman–Crippen LogP) is 2.99. The Morgan fingerprint density at radius 3 is 2.39 bits per heavy atom. The first-order valence-corrected chi connectivity index (χ1v) is 7.54. The molecule has 0 saturated carbocycles. The predicted molar refractivity (Wildman–Crippen MR) is 83.0 cm³/mol. The third kappa shape index (κ3) is 1.36. The third-order valence-corrected chi connectivity index (χ3v) is 5.52. The van der Waals surface area contributed by atoms with Crippen LogP contribution >= 0.6 is 0 Å². The highest BCUT2D eigenvalue weighted by atomic mass is 16.6. The van der Waals surface area contributed by atoms with Gasteiger partial charge in [0.25, 0.3) is 5.54 Å². The minimum atomic E-state index is -1.34. The van der Waals surface area contributed by atoms with E-state index in [2.05, 4.69) is 0 Å². The summed E-state index contributed by atoms with van der Waals surface area (Å²) < 4.78 is 0. The average molecular weight is 309 g/mol. The van der Waals surface area contributed by atoms with Crippen LogP contribution in [0, 0.1) is 17.0 Å². The van der Waals surface area contributed by atoms with Crippen LogP contribution in [-0.4, -0.2) is 16.0 Å². The van der Waals surface area contributed by atoms with Crippen LogP contribution in [0.2, 0.25) is 0 Å². The van der Waals surface area contributed by atoms with Crippen molar-refractivity contribution < 1.29 is 14.8 Å². The Labute approximate surface area is 132 Å². The van der Waals surface area contributed by atoms with Crippen molar-refractivity contribution in [2.45, 2.75) is 30.7 Å². The molecule has 3 aliphatic carbocycles. The Bertz CT molecular complexity index is 875. The largest absolute Gasteiger partial charge is 0.480 e. The fraction of sp³-hybridized carbons (Fsp3) is 0.278. The number of rotatable bonds is 2. The van der Waals surface area contributed by atoms with Gasteiger partial charge in [0, 0.05) is 22.5 Å². The standard InChI is InChI=1S/C18H15NO4/c1-11-5-4-8-14-15(11)17(16(20)21)9-10-18(14,19(22)23)13-7-3-2-6-12(13)17/h2-8H,9-10H2,1H3,(H,20,21). The zero-order valence-corrected chi connectivity index (χ0v) is 12.6. The molecular formula is C18H15NO4. The maximum atomic E-state index is 12.3. The van der Waals surface area contributed by atoms with E-state index in [1.807, 2.05) is 13.0 Å². The third-order valence-electron chi connectivity index (χ3n) is 5.52. The van der Waals surface area contributed by atoms with Gasteiger partial charge in [0.05, 0.1) is 0 Å². The number of fused-ring (bicyclic) bond motifs is 1. The van der Waals surface area contributed by atoms with Crippen molar-refractivity contribution in [3.63, 3.8) is 0 Å². The topological polar surface area (TPSA) is 80.4 Å². The smallest absolute Gasteiger partial charge is 0.318 e. The number of aryl methyl sites for hydroxylation is 1. The van der Waals surface area contributed by atoms with Crippen molar-refractivity contribution in [1.29, 1.82) is 0 Å². The Morgan fingerprint density at radius 2 is 1.74 bits per heavy atom. The Hall–Kier alpha value is -2.69. The van der Waals surface area contributed by atoms with Gasteiger partial charge < -0.3 is 5.11 Å². The maximum Gasteiger partial charge on any atom is 0.318 e. The van der Waals surface area contributed by atoms with Crippen molar-refractivity contribution >= 4 is 5.97 Å². The molecule has 0 spiro atoms. The highest BCUT2D eigenvalue weighted by Crippen LogP contribution is 2.60. The number of aliphatic carboxylic acids is 1. The number of hydrogen-bond acceptors (Lipinski definition) is 3. The van der Waals surface area contributed by atoms with E-state index in [1.54, 1.807) is 36.4 Å². The minimum absolute atomic E-state index is 0.208. The summed E-state index contributed by atoms with van der Waals surface area (Å²) in [6, 6.07) is 12.3. The van der Waals surface area contributed by atoms with E-state index >= 15 is 0 Å². The minimum Gasteiger partial charge on any atom is -0.480 e. The van der Waals surface area contributed by atoms with E-state index in [0.717, 1.165) is 5.56 Å². The number of benzene rings is 2. The molecule has 0 amide bonds. The van der Waals surface area contributed by atoms with Crippen molar-refractivity contribution in [3.8, 4) is 0 Å². The van der Waals surface area contributed by atoms with Gasteiger partial charge in [-0.15, -0.1) is 0 Å². The zero-order valence-electron chi connectivity index (χ0n) is 12.6. The monoisotopic (exact) mass is 309 g/mol. The molecule has 0 aromatic heterocycles. The number of carboxylic acid groups (broad SMARTS) is 1. The van der Waals surface area contributed by atoms with Crippen molar-refractivity contribution in [2.24, 2.45) is 0 Å². The Balaban J connectivity index is 2.24. The summed E-state index contributed by atoms with van der Waals surface area (Å²) in [7, 11) is 0. The van der Waals surface area contributed by atoms with Gasteiger partial charge in [0.15, 0.2) is 0 Å². The summed E-state index contributed by atoms with van der Waals surface area (Å²) in [6.07, 6.45) is 0.456. The van der Waals surface area contributed by atoms with Crippen molar-refractivity contribution in [2.75, 3.05) is 0 Å². The summed E-state index contributed by atoms with van der Waals surface area (Å²) in [6.45, 7) is 1.83. The van der Waals surface area contributed by atoms with E-state index in [-0.39, 0.29) is 17.8 Å². The molecule has 0 aliphatic heterocycles. The number of nitro groups is 1. The van der Waals surface area contributed by atoms with Crippen LogP contribution in [0.1, 0.15) is 40.7 Å². The van der Waals surface area contributed by atoms with Gasteiger partial charge in [-0.25, -0.2) is 0 Å². The van der Waals surface area contributed by atoms with Crippen LogP contribution in [0.15, 0.2) is 42.5 Å². The average Bonchev–Trinajstić information content (AvgIpc) is 2.55. The number of carboxylic acids is 1. The molecule has 116 valence electrons. The molecule has 0 fully saturated rings. The summed E-state index contributed by atoms with van der Waals surface area (Å²) in [5, 5.41) is 22.2. The summed E-state index contributed by atoms with van der Waals surface area (Å²) in [5.41, 5.74) is 0.507. The van der Waals surface area contributed by atoms with Gasteiger partial charge in [-0.1, -0.05) is 42.5 Å². The first-order valence-electron chi connectivity index (χ1n) is 7.54. The van der Waals surface area contributed by atoms with Gasteiger partial charge >= 0.3 is 5.97 Å². The van der Waals surface area contributed by atoms with Crippen molar-refractivity contribution in [1.82, 2.24) is 0 Å². The molecule has 2 aromatic carbocycles. The molecule has 2 atom stereocenters. The lowest BCUT2D eigenvalue weighted by atomic mass is 9.51. The van der Waals surface area contributed by atoms with Crippen LogP contribution in [0.5, 0.6) is 0 Å². The Morgan fingerprint density at radius 1 is 1.09 bits per heavy atom. The van der Waals surface area contributed by atoms with Crippen molar-refractivity contribution in [3.05, 3.63) is 80.4 Å². The van der Waals surface area contributed by atoms with Gasteiger partial charge in [-0.05, 0) is 30.0 Å². The molecule has 23 heavy (non-hydrogen) atoms. The van der Waals surface area contributed by atoms with Crippen LogP contribution in [0.3, 0.4) is 0 Å². The van der Waals surface area contributed by atoms with Crippen LogP contribution in [-0.2, 0) is 15.7 Å². The molecule has 0 radical (unpaired) electrons. The summed E-state index contributed by atoms with van der Waals surface area (Å²) in [4.78, 5) is 24.2. The maximum absolute atomic E-state index is 12.3. The molecule has 2 unspecified atom stereocenters. The quantitative estimate of drug-likeness (QED) is 0.683. The lowest BCUT2D eigenvalue weighted by Gasteiger charge is -2.49. The van der Waals surface area contributed by atoms with E-state index < -0.39 is 16.9 Å². The number of nitrogens with zero attached hydrogens (tertiary/aromatic N) is 1. The molecule has 0 saturated heterocycles. The zero-order chi connectivity index (χ0) is 16.4. The molecule has 2 bridgehead atoms. The van der Waals surface area contributed by atoms with E-state index in [4.69, 9.17) is 0 Å². The fourth-order valence-corrected chi connectivity index (χ4v) is 4.59. The van der Waals surface area contributed by atoms with Gasteiger partial charge in [-0.3, -0.25) is 14.9 Å². The second kappa shape index (κ2) is 4.19. The SMILES string of the molecule is Cc1cccc2c1C1(C(=O)O)CCC2([N+](=O)[O-])c2ccccc21. The van der Waals surface area contributed by atoms with Gasteiger partial charge in [0.2, 0.25) is 0 Å². The second-order valence-electron chi connectivity index (χ2n) is 6.37. The molecule has 2 aromatic rings. The van der Waals surface area contributed by atoms with Crippen LogP contribution < -0.4 is 0 Å². The van der Waals surface area contributed by atoms with Gasteiger partial charge in [0.1, 0.15) is 5.41 Å². The van der Waals surface area contributed by atoms with Gasteiger partial charge in [-0.2, -0.15) is 0 Å². The van der Waals surface area contributed by atoms with Crippen LogP contribution in [0.4, 0.5) is 0 Å². The molecule has 5 nitrogen and oxygen atoms in total. The Kier molecular flexibility index (Phi) is 2.54. The number of carbonyl (C=O) groups is 1. The summed E-state index contributed by atoms with van der Waals surface area (Å²) in [5.74, 6) is -0.933. The second-order valence-corrected chi connectivity index (χ2v) is 6.37. The van der Waals surface area contributed by atoms with Crippen LogP contribution in [0.25, 0.3) is 0 Å². The van der Waals surface area contributed by atoms with E-state index in [0.29, 0.717) is 22.3 Å². The molecule has 5 heteroatoms.